The van der Waals surface area contributed by atoms with Crippen molar-refractivity contribution < 1.29 is 8.98 Å². The van der Waals surface area contributed by atoms with E-state index < -0.39 is 0 Å². The van der Waals surface area contributed by atoms with Crippen LogP contribution in [0.15, 0.2) is 108 Å². The molecule has 0 amide bonds. The SMILES string of the molecule is [C-]#[N+]c1ccc(-c2ccc(C3CCC(c4ccccc4)CC3)cc2)c2oc3c(-c4cccc[n+]4C)c(C)ccc3c12. The summed E-state index contributed by atoms with van der Waals surface area (Å²) in [5.41, 5.74) is 10.6. The number of hydrogen-bond donors (Lipinski definition) is 0. The fourth-order valence-electron chi connectivity index (χ4n) is 6.87. The Balaban J connectivity index is 1.26. The number of pyridine rings is 1. The van der Waals surface area contributed by atoms with Crippen LogP contribution in [0.5, 0.6) is 0 Å². The molecular weight excluding hydrogens is 500 g/mol. The van der Waals surface area contributed by atoms with Crippen LogP contribution < -0.4 is 4.57 Å². The highest BCUT2D eigenvalue weighted by atomic mass is 16.3. The molecule has 3 nitrogen and oxygen atoms in total. The van der Waals surface area contributed by atoms with Gasteiger partial charge in [0.1, 0.15) is 18.2 Å². The first kappa shape index (κ1) is 25.3. The molecule has 0 bridgehead atoms. The van der Waals surface area contributed by atoms with Gasteiger partial charge in [-0.1, -0.05) is 78.9 Å². The zero-order valence-corrected chi connectivity index (χ0v) is 23.6. The molecule has 0 atom stereocenters. The lowest BCUT2D eigenvalue weighted by atomic mass is 9.76. The maximum absolute atomic E-state index is 7.90. The van der Waals surface area contributed by atoms with Crippen molar-refractivity contribution in [2.24, 2.45) is 7.05 Å². The number of aryl methyl sites for hydroxylation is 2. The molecule has 1 fully saturated rings. The van der Waals surface area contributed by atoms with E-state index in [0.29, 0.717) is 17.5 Å². The Morgan fingerprint density at radius 3 is 2.10 bits per heavy atom. The van der Waals surface area contributed by atoms with E-state index in [0.717, 1.165) is 49.9 Å². The first-order chi connectivity index (χ1) is 20.1. The highest BCUT2D eigenvalue weighted by Gasteiger charge is 2.25. The zero-order chi connectivity index (χ0) is 27.9. The monoisotopic (exact) mass is 533 g/mol. The smallest absolute Gasteiger partial charge is 0.216 e. The van der Waals surface area contributed by atoms with E-state index in [1.807, 2.05) is 18.2 Å². The van der Waals surface area contributed by atoms with Crippen LogP contribution in [0.3, 0.4) is 0 Å². The first-order valence-electron chi connectivity index (χ1n) is 14.6. The van der Waals surface area contributed by atoms with Gasteiger partial charge in [0.2, 0.25) is 5.69 Å². The summed E-state index contributed by atoms with van der Waals surface area (Å²) in [5.74, 6) is 1.29. The van der Waals surface area contributed by atoms with Crippen LogP contribution in [-0.2, 0) is 7.05 Å². The van der Waals surface area contributed by atoms with Crippen molar-refractivity contribution in [2.75, 3.05) is 0 Å². The summed E-state index contributed by atoms with van der Waals surface area (Å²) < 4.78 is 8.87. The summed E-state index contributed by atoms with van der Waals surface area (Å²) in [4.78, 5) is 3.89. The third kappa shape index (κ3) is 4.41. The van der Waals surface area contributed by atoms with Crippen molar-refractivity contribution in [3.05, 3.63) is 131 Å². The Labute approximate surface area is 241 Å². The number of aromatic nitrogens is 1. The lowest BCUT2D eigenvalue weighted by Gasteiger charge is -2.29. The molecule has 1 aliphatic carbocycles. The molecule has 7 rings (SSSR count). The van der Waals surface area contributed by atoms with Gasteiger partial charge in [0.15, 0.2) is 11.9 Å². The van der Waals surface area contributed by atoms with Crippen LogP contribution in [-0.4, -0.2) is 0 Å². The van der Waals surface area contributed by atoms with E-state index in [1.165, 1.54) is 36.8 Å². The Morgan fingerprint density at radius 1 is 0.732 bits per heavy atom. The normalized spacial score (nSPS) is 17.1. The van der Waals surface area contributed by atoms with Gasteiger partial charge in [-0.25, -0.2) is 9.41 Å². The van der Waals surface area contributed by atoms with E-state index in [2.05, 4.69) is 108 Å². The lowest BCUT2D eigenvalue weighted by Crippen LogP contribution is -2.30. The van der Waals surface area contributed by atoms with Gasteiger partial charge in [-0.15, -0.1) is 0 Å². The standard InChI is InChI=1S/C38H33N2O/c1-25-12-21-32-36-33(39-2)23-22-31(37(36)41-38(32)35(25)34-11-7-8-24-40(34)3)30-19-17-29(18-20-30)28-15-13-27(14-16-28)26-9-5-4-6-10-26/h4-12,17-24,27-28H,13-16H2,1,3H3/q+1. The molecule has 3 heteroatoms. The molecule has 2 heterocycles. The van der Waals surface area contributed by atoms with E-state index >= 15 is 0 Å². The van der Waals surface area contributed by atoms with Crippen LogP contribution >= 0.6 is 0 Å². The van der Waals surface area contributed by atoms with Gasteiger partial charge in [-0.3, -0.25) is 0 Å². The molecule has 2 aromatic heterocycles. The predicted octanol–water partition coefficient (Wildman–Crippen LogP) is 10.0. The highest BCUT2D eigenvalue weighted by Crippen LogP contribution is 2.45. The average molecular weight is 534 g/mol. The molecule has 1 saturated carbocycles. The minimum atomic E-state index is 0.608. The molecule has 0 unspecified atom stereocenters. The van der Waals surface area contributed by atoms with Gasteiger partial charge in [0.05, 0.1) is 12.1 Å². The predicted molar refractivity (Wildman–Crippen MR) is 167 cm³/mol. The molecule has 6 aromatic rings. The molecule has 200 valence electrons. The second-order valence-electron chi connectivity index (χ2n) is 11.5. The number of furan rings is 1. The van der Waals surface area contributed by atoms with Crippen molar-refractivity contribution in [2.45, 2.75) is 44.4 Å². The quantitative estimate of drug-likeness (QED) is 0.163. The number of hydrogen-bond acceptors (Lipinski definition) is 1. The number of fused-ring (bicyclic) bond motifs is 3. The van der Waals surface area contributed by atoms with Gasteiger partial charge in [0.25, 0.3) is 0 Å². The molecule has 0 N–H and O–H groups in total. The third-order valence-electron chi connectivity index (χ3n) is 9.10. The second kappa shape index (κ2) is 10.4. The van der Waals surface area contributed by atoms with E-state index in [-0.39, 0.29) is 0 Å². The fourth-order valence-corrected chi connectivity index (χ4v) is 6.87. The Kier molecular flexibility index (Phi) is 6.40. The Morgan fingerprint density at radius 2 is 1.41 bits per heavy atom. The van der Waals surface area contributed by atoms with E-state index in [9.17, 15) is 0 Å². The third-order valence-corrected chi connectivity index (χ3v) is 9.10. The Bertz CT molecular complexity index is 1920. The zero-order valence-electron chi connectivity index (χ0n) is 23.6. The van der Waals surface area contributed by atoms with Crippen LogP contribution in [0.25, 0.3) is 49.2 Å². The van der Waals surface area contributed by atoms with Gasteiger partial charge in [0, 0.05) is 28.5 Å². The van der Waals surface area contributed by atoms with Crippen LogP contribution in [0.1, 0.15) is 54.2 Å². The summed E-state index contributed by atoms with van der Waals surface area (Å²) in [6, 6.07) is 34.5. The number of benzene rings is 4. The molecule has 4 aromatic carbocycles. The Hall–Kier alpha value is -4.68. The topological polar surface area (TPSA) is 21.4 Å². The van der Waals surface area contributed by atoms with Crippen molar-refractivity contribution in [3.63, 3.8) is 0 Å². The molecule has 0 aliphatic heterocycles. The van der Waals surface area contributed by atoms with Crippen molar-refractivity contribution >= 4 is 27.6 Å². The molecule has 0 saturated heterocycles. The van der Waals surface area contributed by atoms with Crippen molar-refractivity contribution in [3.8, 4) is 22.4 Å². The minimum absolute atomic E-state index is 0.608. The lowest BCUT2D eigenvalue weighted by molar-refractivity contribution is -0.660. The van der Waals surface area contributed by atoms with E-state index in [1.54, 1.807) is 0 Å². The van der Waals surface area contributed by atoms with Crippen LogP contribution in [0, 0.1) is 13.5 Å². The van der Waals surface area contributed by atoms with Crippen LogP contribution in [0.4, 0.5) is 5.69 Å². The van der Waals surface area contributed by atoms with Crippen molar-refractivity contribution in [1.29, 1.82) is 0 Å². The number of nitrogens with zero attached hydrogens (tertiary/aromatic N) is 2. The summed E-state index contributed by atoms with van der Waals surface area (Å²) in [7, 11) is 2.06. The largest absolute Gasteiger partial charge is 0.456 e. The molecule has 0 radical (unpaired) electrons. The molecule has 0 spiro atoms. The summed E-state index contributed by atoms with van der Waals surface area (Å²) >= 11 is 0. The average Bonchev–Trinajstić information content (AvgIpc) is 3.41. The molecule has 41 heavy (non-hydrogen) atoms. The number of rotatable bonds is 4. The second-order valence-corrected chi connectivity index (χ2v) is 11.5. The maximum Gasteiger partial charge on any atom is 0.216 e. The van der Waals surface area contributed by atoms with Crippen molar-refractivity contribution in [1.82, 2.24) is 0 Å². The van der Waals surface area contributed by atoms with Gasteiger partial charge >= 0.3 is 0 Å². The fraction of sp³-hybridized carbons (Fsp3) is 0.211. The van der Waals surface area contributed by atoms with Gasteiger partial charge in [-0.05, 0) is 72.8 Å². The summed E-state index contributed by atoms with van der Waals surface area (Å²) in [6.45, 7) is 10.0. The first-order valence-corrected chi connectivity index (χ1v) is 14.6. The molecule has 1 aliphatic rings. The van der Waals surface area contributed by atoms with Gasteiger partial charge < -0.3 is 4.42 Å². The van der Waals surface area contributed by atoms with E-state index in [4.69, 9.17) is 11.0 Å². The molecular formula is C38H33N2O+. The maximum atomic E-state index is 7.90. The summed E-state index contributed by atoms with van der Waals surface area (Å²) in [6.07, 6.45) is 7.00. The van der Waals surface area contributed by atoms with Crippen LogP contribution in [0.2, 0.25) is 0 Å². The van der Waals surface area contributed by atoms with Gasteiger partial charge in [-0.2, -0.15) is 0 Å². The highest BCUT2D eigenvalue weighted by molar-refractivity contribution is 6.18. The minimum Gasteiger partial charge on any atom is -0.456 e. The summed E-state index contributed by atoms with van der Waals surface area (Å²) in [5, 5.41) is 1.89.